The quantitative estimate of drug-likeness (QED) is 0.401. The summed E-state index contributed by atoms with van der Waals surface area (Å²) in [6.07, 6.45) is -4.00. The number of sulfonamides is 1. The third-order valence-electron chi connectivity index (χ3n) is 5.21. The topological polar surface area (TPSA) is 122 Å². The number of nitrogens with one attached hydrogen (secondary N) is 2. The highest BCUT2D eigenvalue weighted by Crippen LogP contribution is 2.32. The van der Waals surface area contributed by atoms with Gasteiger partial charge in [0, 0.05) is 10.0 Å². The van der Waals surface area contributed by atoms with Gasteiger partial charge in [0.15, 0.2) is 5.78 Å². The van der Waals surface area contributed by atoms with Gasteiger partial charge in [-0.05, 0) is 55.3 Å². The summed E-state index contributed by atoms with van der Waals surface area (Å²) < 4.78 is 69.8. The molecule has 2 aromatic carbocycles. The highest BCUT2D eigenvalue weighted by Gasteiger charge is 2.42. The zero-order valence-electron chi connectivity index (χ0n) is 17.7. The van der Waals surface area contributed by atoms with E-state index in [1.807, 2.05) is 0 Å². The molecule has 0 saturated carbocycles. The van der Waals surface area contributed by atoms with Crippen LogP contribution in [-0.2, 0) is 19.6 Å². The highest BCUT2D eigenvalue weighted by molar-refractivity contribution is 7.89. The molecule has 0 amide bonds. The molecule has 1 aliphatic rings. The minimum absolute atomic E-state index is 0.0101. The SMILES string of the molecule is O=C(O)[C@H](C(=O)C1CCCN1)[C@@H](NS(=O)(=O)c1cc(Cl)cc(Cl)c1)c1ccc(OC(F)(F)F)cc1. The fraction of sp³-hybridized carbons (Fsp3) is 0.333. The number of hydrogen-bond donors (Lipinski definition) is 3. The Morgan fingerprint density at radius 2 is 1.71 bits per heavy atom. The number of ether oxygens (including phenoxy) is 1. The Labute approximate surface area is 208 Å². The predicted octanol–water partition coefficient (Wildman–Crippen LogP) is 3.93. The van der Waals surface area contributed by atoms with E-state index in [4.69, 9.17) is 23.2 Å². The van der Waals surface area contributed by atoms with Crippen LogP contribution in [-0.4, -0.2) is 44.2 Å². The molecule has 1 aliphatic heterocycles. The molecule has 3 atom stereocenters. The molecule has 1 saturated heterocycles. The van der Waals surface area contributed by atoms with Crippen molar-refractivity contribution in [3.63, 3.8) is 0 Å². The van der Waals surface area contributed by atoms with E-state index < -0.39 is 56.8 Å². The number of hydrogen-bond acceptors (Lipinski definition) is 6. The standard InChI is InChI=1S/C21H19Cl2F3N2O6S/c22-12-8-13(23)10-15(9-12)35(32,33)28-18(11-3-5-14(6-4-11)34-21(24,25)26)17(20(30)31)19(29)16-2-1-7-27-16/h3-6,8-10,16-18,27-28H,1-2,7H2,(H,30,31)/t16?,17-,18-/m0/s1. The predicted molar refractivity (Wildman–Crippen MR) is 120 cm³/mol. The van der Waals surface area contributed by atoms with Crippen molar-refractivity contribution in [1.29, 1.82) is 0 Å². The van der Waals surface area contributed by atoms with Crippen LogP contribution in [0.3, 0.4) is 0 Å². The third-order valence-corrected chi connectivity index (χ3v) is 7.07. The average molecular weight is 555 g/mol. The van der Waals surface area contributed by atoms with Gasteiger partial charge in [-0.2, -0.15) is 0 Å². The average Bonchev–Trinajstić information content (AvgIpc) is 3.26. The smallest absolute Gasteiger partial charge is 0.481 e. The second-order valence-corrected chi connectivity index (χ2v) is 10.3. The maximum Gasteiger partial charge on any atom is 0.573 e. The van der Waals surface area contributed by atoms with Crippen LogP contribution >= 0.6 is 23.2 Å². The van der Waals surface area contributed by atoms with Crippen molar-refractivity contribution in [1.82, 2.24) is 10.0 Å². The van der Waals surface area contributed by atoms with Crippen LogP contribution in [0.2, 0.25) is 10.0 Å². The fourth-order valence-corrected chi connectivity index (χ4v) is 5.66. The maximum absolute atomic E-state index is 13.1. The van der Waals surface area contributed by atoms with Gasteiger partial charge in [-0.15, -0.1) is 13.2 Å². The molecular weight excluding hydrogens is 536 g/mol. The summed E-state index contributed by atoms with van der Waals surface area (Å²) in [6, 6.07) is 4.80. The molecule has 2 aromatic rings. The summed E-state index contributed by atoms with van der Waals surface area (Å²) in [4.78, 5) is 24.9. The molecule has 0 aromatic heterocycles. The van der Waals surface area contributed by atoms with Crippen molar-refractivity contribution in [2.75, 3.05) is 6.54 Å². The van der Waals surface area contributed by atoms with Crippen molar-refractivity contribution in [2.45, 2.75) is 36.2 Å². The van der Waals surface area contributed by atoms with E-state index in [0.29, 0.717) is 19.4 Å². The van der Waals surface area contributed by atoms with Crippen LogP contribution in [0.15, 0.2) is 47.4 Å². The first kappa shape index (κ1) is 27.2. The first-order valence-corrected chi connectivity index (χ1v) is 12.3. The third kappa shape index (κ3) is 7.07. The van der Waals surface area contributed by atoms with E-state index in [-0.39, 0.29) is 15.6 Å². The number of alkyl halides is 3. The number of carbonyl (C=O) groups excluding carboxylic acids is 1. The maximum atomic E-state index is 13.1. The lowest BCUT2D eigenvalue weighted by Crippen LogP contribution is -2.46. The number of aliphatic carboxylic acids is 1. The molecule has 0 spiro atoms. The van der Waals surface area contributed by atoms with Gasteiger partial charge < -0.3 is 15.2 Å². The second kappa shape index (κ2) is 10.7. The molecular formula is C21H19Cl2F3N2O6S. The Hall–Kier alpha value is -2.38. The van der Waals surface area contributed by atoms with E-state index in [1.54, 1.807) is 0 Å². The Balaban J connectivity index is 2.05. The number of rotatable bonds is 9. The summed E-state index contributed by atoms with van der Waals surface area (Å²) in [7, 11) is -4.49. The normalized spacial score (nSPS) is 18.1. The van der Waals surface area contributed by atoms with Gasteiger partial charge in [-0.25, -0.2) is 13.1 Å². The van der Waals surface area contributed by atoms with E-state index in [1.165, 1.54) is 6.07 Å². The lowest BCUT2D eigenvalue weighted by Gasteiger charge is -2.27. The lowest BCUT2D eigenvalue weighted by molar-refractivity contribution is -0.274. The molecule has 190 valence electrons. The van der Waals surface area contributed by atoms with Crippen molar-refractivity contribution in [2.24, 2.45) is 5.92 Å². The van der Waals surface area contributed by atoms with Crippen molar-refractivity contribution in [3.8, 4) is 5.75 Å². The number of carboxylic acids is 1. The van der Waals surface area contributed by atoms with Crippen LogP contribution in [0, 0.1) is 5.92 Å². The zero-order chi connectivity index (χ0) is 26.0. The molecule has 1 heterocycles. The molecule has 0 bridgehead atoms. The Morgan fingerprint density at radius 3 is 2.20 bits per heavy atom. The van der Waals surface area contributed by atoms with Crippen molar-refractivity contribution in [3.05, 3.63) is 58.1 Å². The Kier molecular flexibility index (Phi) is 8.32. The molecule has 1 unspecified atom stereocenters. The monoisotopic (exact) mass is 554 g/mol. The van der Waals surface area contributed by atoms with E-state index >= 15 is 0 Å². The molecule has 0 radical (unpaired) electrons. The van der Waals surface area contributed by atoms with Gasteiger partial charge in [0.1, 0.15) is 11.7 Å². The number of benzene rings is 2. The van der Waals surface area contributed by atoms with Crippen LogP contribution in [0.4, 0.5) is 13.2 Å². The number of carboxylic acid groups (broad SMARTS) is 1. The highest BCUT2D eigenvalue weighted by atomic mass is 35.5. The summed E-state index contributed by atoms with van der Waals surface area (Å²) in [5, 5.41) is 12.8. The largest absolute Gasteiger partial charge is 0.573 e. The molecule has 8 nitrogen and oxygen atoms in total. The molecule has 3 rings (SSSR count). The number of Topliss-reactive ketones (excluding diaryl/α,β-unsaturated/α-hetero) is 1. The zero-order valence-corrected chi connectivity index (χ0v) is 20.0. The van der Waals surface area contributed by atoms with Crippen LogP contribution in [0.1, 0.15) is 24.4 Å². The first-order chi connectivity index (χ1) is 16.3. The van der Waals surface area contributed by atoms with Crippen molar-refractivity contribution < 1.29 is 41.0 Å². The molecule has 0 aliphatic carbocycles. The number of carbonyl (C=O) groups is 2. The lowest BCUT2D eigenvalue weighted by atomic mass is 9.86. The Morgan fingerprint density at radius 1 is 1.11 bits per heavy atom. The van der Waals surface area contributed by atoms with Gasteiger partial charge in [-0.1, -0.05) is 35.3 Å². The van der Waals surface area contributed by atoms with E-state index in [2.05, 4.69) is 14.8 Å². The summed E-state index contributed by atoms with van der Waals surface area (Å²) >= 11 is 11.8. The van der Waals surface area contributed by atoms with Gasteiger partial charge in [0.25, 0.3) is 0 Å². The molecule has 3 N–H and O–H groups in total. The van der Waals surface area contributed by atoms with Crippen LogP contribution < -0.4 is 14.8 Å². The fourth-order valence-electron chi connectivity index (χ4n) is 3.70. The van der Waals surface area contributed by atoms with E-state index in [9.17, 15) is 36.3 Å². The minimum Gasteiger partial charge on any atom is -0.481 e. The van der Waals surface area contributed by atoms with Crippen molar-refractivity contribution >= 4 is 45.0 Å². The Bertz CT molecular complexity index is 1180. The summed E-state index contributed by atoms with van der Waals surface area (Å²) in [5.74, 6) is -4.90. The molecule has 35 heavy (non-hydrogen) atoms. The minimum atomic E-state index is -4.97. The molecule has 14 heteroatoms. The van der Waals surface area contributed by atoms with E-state index in [0.717, 1.165) is 36.4 Å². The second-order valence-electron chi connectivity index (χ2n) is 7.69. The first-order valence-electron chi connectivity index (χ1n) is 10.1. The van der Waals surface area contributed by atoms with Gasteiger partial charge in [0.2, 0.25) is 10.0 Å². The molecule has 1 fully saturated rings. The summed E-state index contributed by atoms with van der Waals surface area (Å²) in [5.41, 5.74) is -0.0741. The van der Waals surface area contributed by atoms with Gasteiger partial charge >= 0.3 is 12.3 Å². The van der Waals surface area contributed by atoms with Crippen LogP contribution in [0.5, 0.6) is 5.75 Å². The van der Waals surface area contributed by atoms with Gasteiger partial charge in [-0.3, -0.25) is 9.59 Å². The number of halogens is 5. The van der Waals surface area contributed by atoms with Gasteiger partial charge in [0.05, 0.1) is 17.0 Å². The summed E-state index contributed by atoms with van der Waals surface area (Å²) in [6.45, 7) is 0.476. The number of ketones is 1. The van der Waals surface area contributed by atoms with Crippen LogP contribution in [0.25, 0.3) is 0 Å².